The highest BCUT2D eigenvalue weighted by atomic mass is 35.5. The fraction of sp³-hybridized carbons (Fsp3) is 0.423. The van der Waals surface area contributed by atoms with Crippen LogP contribution in [-0.2, 0) is 25.6 Å². The fourth-order valence-electron chi connectivity index (χ4n) is 4.21. The van der Waals surface area contributed by atoms with Crippen molar-refractivity contribution < 1.29 is 23.9 Å². The summed E-state index contributed by atoms with van der Waals surface area (Å²) < 4.78 is 10.5. The van der Waals surface area contributed by atoms with Crippen LogP contribution in [0.4, 0.5) is 10.5 Å². The largest absolute Gasteiger partial charge is 0.467 e. The number of hydrogen-bond donors (Lipinski definition) is 1. The average molecular weight is 536 g/mol. The highest BCUT2D eigenvalue weighted by Crippen LogP contribution is 2.46. The van der Waals surface area contributed by atoms with Crippen molar-refractivity contribution in [2.75, 3.05) is 19.2 Å². The quantitative estimate of drug-likeness (QED) is 0.523. The van der Waals surface area contributed by atoms with Gasteiger partial charge in [0.25, 0.3) is 0 Å². The molecule has 8 nitrogen and oxygen atoms in total. The van der Waals surface area contributed by atoms with Gasteiger partial charge in [-0.3, -0.25) is 15.2 Å². The molecule has 36 heavy (non-hydrogen) atoms. The van der Waals surface area contributed by atoms with E-state index >= 15 is 0 Å². The van der Waals surface area contributed by atoms with Crippen molar-refractivity contribution in [2.24, 2.45) is 0 Å². The van der Waals surface area contributed by atoms with E-state index in [0.29, 0.717) is 28.7 Å². The Morgan fingerprint density at radius 1 is 1.14 bits per heavy atom. The molecule has 1 aliphatic heterocycles. The third-order valence-electron chi connectivity index (χ3n) is 5.71. The van der Waals surface area contributed by atoms with E-state index in [1.165, 1.54) is 23.9 Å². The van der Waals surface area contributed by atoms with Crippen LogP contribution >= 0.6 is 23.2 Å². The molecule has 1 aliphatic rings. The van der Waals surface area contributed by atoms with Gasteiger partial charge in [-0.25, -0.2) is 9.59 Å². The van der Waals surface area contributed by atoms with Crippen LogP contribution < -0.4 is 10.4 Å². The number of esters is 1. The summed E-state index contributed by atoms with van der Waals surface area (Å²) in [5.74, 6) is -1.11. The smallest absolute Gasteiger partial charge is 0.410 e. The molecule has 1 heterocycles. The number of ether oxygens (including phenoxy) is 2. The average Bonchev–Trinajstić information content (AvgIpc) is 2.77. The Balaban J connectivity index is 1.95. The van der Waals surface area contributed by atoms with Crippen molar-refractivity contribution >= 4 is 46.9 Å². The Labute approximate surface area is 221 Å². The summed E-state index contributed by atoms with van der Waals surface area (Å²) in [6, 6.07) is 10.3. The number of methoxy groups -OCH3 is 1. The van der Waals surface area contributed by atoms with E-state index in [1.54, 1.807) is 19.2 Å². The number of hydrogen-bond acceptors (Lipinski definition) is 6. The summed E-state index contributed by atoms with van der Waals surface area (Å²) in [5, 5.41) is 2.27. The van der Waals surface area contributed by atoms with Crippen molar-refractivity contribution in [2.45, 2.75) is 58.2 Å². The number of nitrogens with zero attached hydrogens (tertiary/aromatic N) is 2. The lowest BCUT2D eigenvalue weighted by molar-refractivity contribution is -0.142. The van der Waals surface area contributed by atoms with Gasteiger partial charge in [-0.1, -0.05) is 47.5 Å². The maximum Gasteiger partial charge on any atom is 0.410 e. The van der Waals surface area contributed by atoms with Gasteiger partial charge >= 0.3 is 12.1 Å². The lowest BCUT2D eigenvalue weighted by Gasteiger charge is -2.41. The first-order valence-corrected chi connectivity index (χ1v) is 12.2. The maximum absolute atomic E-state index is 12.7. The Morgan fingerprint density at radius 3 is 2.33 bits per heavy atom. The first-order valence-electron chi connectivity index (χ1n) is 11.5. The molecule has 0 fully saturated rings. The van der Waals surface area contributed by atoms with Gasteiger partial charge < -0.3 is 14.4 Å². The summed E-state index contributed by atoms with van der Waals surface area (Å²) in [4.78, 5) is 38.5. The molecule has 0 aliphatic carbocycles. The van der Waals surface area contributed by atoms with E-state index in [0.717, 1.165) is 16.7 Å². The van der Waals surface area contributed by atoms with Gasteiger partial charge in [0, 0.05) is 42.0 Å². The second-order valence-corrected chi connectivity index (χ2v) is 10.6. The SMILES string of the molecule is COC(=O)C1CC(c2ccc(CN(C)C(=O)OC(C)(C)C)cc2)c2c(Cl)cc(Cl)cc2N1NC(C)=O. The molecule has 10 heteroatoms. The van der Waals surface area contributed by atoms with Crippen molar-refractivity contribution in [1.29, 1.82) is 0 Å². The van der Waals surface area contributed by atoms with Gasteiger partial charge in [0.1, 0.15) is 11.6 Å². The molecule has 2 unspecified atom stereocenters. The molecule has 2 atom stereocenters. The minimum absolute atomic E-state index is 0.267. The third kappa shape index (κ3) is 6.42. The van der Waals surface area contributed by atoms with Crippen LogP contribution in [0.3, 0.4) is 0 Å². The van der Waals surface area contributed by atoms with Gasteiger partial charge in [-0.15, -0.1) is 0 Å². The number of halogens is 2. The molecule has 194 valence electrons. The second-order valence-electron chi connectivity index (χ2n) is 9.76. The van der Waals surface area contributed by atoms with Gasteiger partial charge in [-0.2, -0.15) is 0 Å². The maximum atomic E-state index is 12.7. The number of nitrogens with one attached hydrogen (secondary N) is 1. The van der Waals surface area contributed by atoms with E-state index in [2.05, 4.69) is 5.43 Å². The number of hydrazine groups is 1. The van der Waals surface area contributed by atoms with Crippen LogP contribution in [0.25, 0.3) is 0 Å². The Kier molecular flexibility index (Phi) is 8.41. The van der Waals surface area contributed by atoms with Crippen LogP contribution in [0.15, 0.2) is 36.4 Å². The molecule has 3 rings (SSSR count). The standard InChI is InChI=1S/C26H31Cl2N3O5/c1-15(32)29-31-21-12-18(27)11-20(28)23(21)19(13-22(31)24(33)35-6)17-9-7-16(8-10-17)14-30(5)25(34)36-26(2,3)4/h7-12,19,22H,13-14H2,1-6H3,(H,29,32). The fourth-order valence-corrected chi connectivity index (χ4v) is 4.83. The molecule has 0 saturated carbocycles. The minimum atomic E-state index is -0.788. The van der Waals surface area contributed by atoms with E-state index in [1.807, 2.05) is 45.0 Å². The summed E-state index contributed by atoms with van der Waals surface area (Å²) in [6.45, 7) is 7.20. The van der Waals surface area contributed by atoms with E-state index in [-0.39, 0.29) is 11.8 Å². The highest BCUT2D eigenvalue weighted by Gasteiger charge is 2.40. The summed E-state index contributed by atoms with van der Waals surface area (Å²) in [7, 11) is 2.99. The normalized spacial score (nSPS) is 17.2. The lowest BCUT2D eigenvalue weighted by Crippen LogP contribution is -2.55. The van der Waals surface area contributed by atoms with Crippen LogP contribution in [-0.4, -0.2) is 48.7 Å². The van der Waals surface area contributed by atoms with Crippen molar-refractivity contribution in [3.05, 3.63) is 63.1 Å². The van der Waals surface area contributed by atoms with Gasteiger partial charge in [-0.05, 0) is 50.5 Å². The number of rotatable bonds is 5. The lowest BCUT2D eigenvalue weighted by atomic mass is 9.81. The molecule has 1 N–H and O–H groups in total. The van der Waals surface area contributed by atoms with E-state index in [9.17, 15) is 14.4 Å². The predicted octanol–water partition coefficient (Wildman–Crippen LogP) is 5.30. The van der Waals surface area contributed by atoms with Crippen molar-refractivity contribution in [3.63, 3.8) is 0 Å². The predicted molar refractivity (Wildman–Crippen MR) is 139 cm³/mol. The first-order chi connectivity index (χ1) is 16.8. The van der Waals surface area contributed by atoms with E-state index in [4.69, 9.17) is 32.7 Å². The highest BCUT2D eigenvalue weighted by molar-refractivity contribution is 6.35. The first kappa shape index (κ1) is 27.6. The molecule has 0 aromatic heterocycles. The second kappa shape index (κ2) is 11.0. The molecule has 0 saturated heterocycles. The van der Waals surface area contributed by atoms with Crippen LogP contribution in [0, 0.1) is 0 Å². The summed E-state index contributed by atoms with van der Waals surface area (Å²) in [5.41, 5.74) is 5.24. The Bertz CT molecular complexity index is 1150. The zero-order valence-corrected chi connectivity index (χ0v) is 22.7. The van der Waals surface area contributed by atoms with Crippen LogP contribution in [0.2, 0.25) is 10.0 Å². The zero-order chi connectivity index (χ0) is 26.8. The molecule has 0 bridgehead atoms. The Morgan fingerprint density at radius 2 is 1.78 bits per heavy atom. The number of benzene rings is 2. The molecule has 2 amide bonds. The number of amides is 2. The number of fused-ring (bicyclic) bond motifs is 1. The van der Waals surface area contributed by atoms with Crippen LogP contribution in [0.1, 0.15) is 56.7 Å². The third-order valence-corrected chi connectivity index (χ3v) is 6.24. The molecule has 0 radical (unpaired) electrons. The summed E-state index contributed by atoms with van der Waals surface area (Å²) >= 11 is 12.9. The monoisotopic (exact) mass is 535 g/mol. The van der Waals surface area contributed by atoms with Crippen molar-refractivity contribution in [1.82, 2.24) is 10.3 Å². The molecular formula is C26H31Cl2N3O5. The molecule has 2 aromatic carbocycles. The van der Waals surface area contributed by atoms with E-state index < -0.39 is 23.7 Å². The van der Waals surface area contributed by atoms with Gasteiger partial charge in [0.2, 0.25) is 5.91 Å². The van der Waals surface area contributed by atoms with Crippen molar-refractivity contribution in [3.8, 4) is 0 Å². The van der Waals surface area contributed by atoms with Gasteiger partial charge in [0.15, 0.2) is 0 Å². The topological polar surface area (TPSA) is 88.2 Å². The number of carbonyl (C=O) groups is 3. The minimum Gasteiger partial charge on any atom is -0.467 e. The molecule has 2 aromatic rings. The molecular weight excluding hydrogens is 505 g/mol. The molecule has 0 spiro atoms. The number of anilines is 1. The zero-order valence-electron chi connectivity index (χ0n) is 21.2. The number of carbonyl (C=O) groups excluding carboxylic acids is 3. The van der Waals surface area contributed by atoms with Crippen LogP contribution in [0.5, 0.6) is 0 Å². The Hall–Kier alpha value is -2.97. The summed E-state index contributed by atoms with van der Waals surface area (Å²) in [6.07, 6.45) is -0.0891. The van der Waals surface area contributed by atoms with Gasteiger partial charge in [0.05, 0.1) is 12.8 Å².